The number of allylic oxidation sites excluding steroid dienone is 1. The molecule has 0 aliphatic carbocycles. The maximum atomic E-state index is 12.5. The summed E-state index contributed by atoms with van der Waals surface area (Å²) in [4.78, 5) is 23.5. The first kappa shape index (κ1) is 31.8. The van der Waals surface area contributed by atoms with E-state index in [9.17, 15) is 28.2 Å². The average Bonchev–Trinajstić information content (AvgIpc) is 2.83. The van der Waals surface area contributed by atoms with E-state index in [1.165, 1.54) is 12.1 Å². The maximum absolute atomic E-state index is 12.5. The fourth-order valence-corrected chi connectivity index (χ4v) is 6.85. The van der Waals surface area contributed by atoms with Gasteiger partial charge in [0, 0.05) is 68.1 Å². The third-order valence-electron chi connectivity index (χ3n) is 6.81. The van der Waals surface area contributed by atoms with Crippen LogP contribution in [-0.2, 0) is 27.0 Å². The molecule has 3 unspecified atom stereocenters. The Kier molecular flexibility index (Phi) is 11.8. The second kappa shape index (κ2) is 14.1. The van der Waals surface area contributed by atoms with Crippen LogP contribution in [0.1, 0.15) is 77.2 Å². The van der Waals surface area contributed by atoms with Gasteiger partial charge in [-0.2, -0.15) is 0 Å². The number of rotatable bonds is 16. The molecule has 2 aromatic rings. The van der Waals surface area contributed by atoms with Gasteiger partial charge in [0.15, 0.2) is 11.5 Å². The molecule has 8 nitrogen and oxygen atoms in total. The Bertz CT molecular complexity index is 1240. The summed E-state index contributed by atoms with van der Waals surface area (Å²) in [5, 5.41) is 18.8. The first-order chi connectivity index (χ1) is 17.8. The molecule has 38 heavy (non-hydrogen) atoms. The normalized spacial score (nSPS) is 14.6. The Labute approximate surface area is 229 Å². The highest BCUT2D eigenvalue weighted by Gasteiger charge is 2.30. The lowest BCUT2D eigenvalue weighted by Gasteiger charge is -2.31. The van der Waals surface area contributed by atoms with Crippen LogP contribution in [0.5, 0.6) is 11.5 Å². The van der Waals surface area contributed by atoms with Gasteiger partial charge in [-0.3, -0.25) is 18.0 Å². The summed E-state index contributed by atoms with van der Waals surface area (Å²) in [7, 11) is -2.04. The Morgan fingerprint density at radius 3 is 1.87 bits per heavy atom. The lowest BCUT2D eigenvalue weighted by atomic mass is 9.74. The van der Waals surface area contributed by atoms with Gasteiger partial charge in [0.1, 0.15) is 24.0 Å². The van der Waals surface area contributed by atoms with Crippen molar-refractivity contribution in [2.45, 2.75) is 71.1 Å². The zero-order valence-corrected chi connectivity index (χ0v) is 24.3. The molecule has 0 fully saturated rings. The van der Waals surface area contributed by atoms with Crippen LogP contribution in [-0.4, -0.2) is 41.6 Å². The van der Waals surface area contributed by atoms with Crippen molar-refractivity contribution < 1.29 is 27.5 Å². The molecule has 2 N–H and O–H groups in total. The molecular formula is C28H40O8S2. The van der Waals surface area contributed by atoms with Gasteiger partial charge < -0.3 is 19.0 Å². The number of hydrogen-bond donors (Lipinski definition) is 2. The topological polar surface area (TPSA) is 135 Å². The molecule has 0 radical (unpaired) electrons. The van der Waals surface area contributed by atoms with Gasteiger partial charge in [0.25, 0.3) is 0 Å². The van der Waals surface area contributed by atoms with Gasteiger partial charge in [-0.15, -0.1) is 6.58 Å². The van der Waals surface area contributed by atoms with Gasteiger partial charge >= 0.3 is 0 Å². The number of aromatic hydroxyl groups is 2. The van der Waals surface area contributed by atoms with Gasteiger partial charge in [-0.25, -0.2) is 0 Å². The van der Waals surface area contributed by atoms with Crippen LogP contribution in [0, 0.1) is 5.41 Å². The van der Waals surface area contributed by atoms with Crippen molar-refractivity contribution in [1.82, 2.24) is 0 Å². The summed E-state index contributed by atoms with van der Waals surface area (Å²) < 4.78 is 35.7. The number of hydrogen-bond acceptors (Lipinski definition) is 8. The predicted molar refractivity (Wildman–Crippen MR) is 152 cm³/mol. The summed E-state index contributed by atoms with van der Waals surface area (Å²) in [5.41, 5.74) is -1.70. The summed E-state index contributed by atoms with van der Waals surface area (Å²) >= 11 is 0. The van der Waals surface area contributed by atoms with Crippen molar-refractivity contribution in [3.8, 4) is 11.5 Å². The van der Waals surface area contributed by atoms with Crippen LogP contribution >= 0.6 is 0 Å². The van der Waals surface area contributed by atoms with Gasteiger partial charge in [0.05, 0.1) is 0 Å². The van der Waals surface area contributed by atoms with Gasteiger partial charge in [0.2, 0.25) is 10.9 Å². The van der Waals surface area contributed by atoms with Crippen LogP contribution < -0.4 is 10.9 Å². The van der Waals surface area contributed by atoms with E-state index in [2.05, 4.69) is 6.58 Å². The summed E-state index contributed by atoms with van der Waals surface area (Å²) in [6.07, 6.45) is 7.25. The maximum Gasteiger partial charge on any atom is 0.226 e. The predicted octanol–water partition coefficient (Wildman–Crippen LogP) is 4.73. The minimum atomic E-state index is -1.02. The molecule has 0 aliphatic heterocycles. The highest BCUT2D eigenvalue weighted by Crippen LogP contribution is 2.40. The van der Waals surface area contributed by atoms with E-state index in [1.54, 1.807) is 6.08 Å². The highest BCUT2D eigenvalue weighted by atomic mass is 32.2. The van der Waals surface area contributed by atoms with Crippen molar-refractivity contribution in [2.24, 2.45) is 5.41 Å². The first-order valence-electron chi connectivity index (χ1n) is 12.7. The van der Waals surface area contributed by atoms with Crippen molar-refractivity contribution in [3.63, 3.8) is 0 Å². The first-order valence-corrected chi connectivity index (χ1v) is 15.7. The average molecular weight is 569 g/mol. The smallest absolute Gasteiger partial charge is 0.226 e. The monoisotopic (exact) mass is 568 g/mol. The molecule has 0 spiro atoms. The van der Waals surface area contributed by atoms with Crippen LogP contribution in [0.3, 0.4) is 0 Å². The minimum absolute atomic E-state index is 0.235. The van der Waals surface area contributed by atoms with E-state index in [0.29, 0.717) is 53.8 Å². The minimum Gasteiger partial charge on any atom is -0.502 e. The Morgan fingerprint density at radius 2 is 1.34 bits per heavy atom. The molecule has 0 aromatic carbocycles. The summed E-state index contributed by atoms with van der Waals surface area (Å²) in [6.45, 7) is 11.8. The van der Waals surface area contributed by atoms with Gasteiger partial charge in [-0.1, -0.05) is 33.8 Å². The Morgan fingerprint density at radius 1 is 0.842 bits per heavy atom. The van der Waals surface area contributed by atoms with Crippen LogP contribution in [0.4, 0.5) is 0 Å². The molecule has 0 saturated carbocycles. The van der Waals surface area contributed by atoms with Gasteiger partial charge in [-0.05, 0) is 37.5 Å². The molecule has 10 heteroatoms. The second-order valence-electron chi connectivity index (χ2n) is 10.9. The van der Waals surface area contributed by atoms with Crippen LogP contribution in [0.15, 0.2) is 55.7 Å². The summed E-state index contributed by atoms with van der Waals surface area (Å²) in [5.74, 6) is 1.87. The van der Waals surface area contributed by atoms with E-state index in [-0.39, 0.29) is 11.3 Å². The van der Waals surface area contributed by atoms with E-state index in [1.807, 2.05) is 27.7 Å². The van der Waals surface area contributed by atoms with Crippen molar-refractivity contribution >= 4 is 21.6 Å². The molecule has 3 atom stereocenters. The van der Waals surface area contributed by atoms with Crippen molar-refractivity contribution in [3.05, 3.63) is 69.3 Å². The molecule has 2 aromatic heterocycles. The molecule has 2 heterocycles. The lowest BCUT2D eigenvalue weighted by molar-refractivity contribution is 0.261. The molecule has 0 saturated heterocycles. The molecule has 0 bridgehead atoms. The molecule has 0 aliphatic rings. The molecule has 0 amide bonds. The quantitative estimate of drug-likeness (QED) is 0.278. The molecule has 212 valence electrons. The largest absolute Gasteiger partial charge is 0.502 e. The zero-order chi connectivity index (χ0) is 28.5. The summed E-state index contributed by atoms with van der Waals surface area (Å²) in [6, 6.07) is 2.58. The van der Waals surface area contributed by atoms with Crippen molar-refractivity contribution in [2.75, 3.05) is 23.0 Å². The second-order valence-corrected chi connectivity index (χ2v) is 14.3. The van der Waals surface area contributed by atoms with E-state index in [4.69, 9.17) is 8.83 Å². The third kappa shape index (κ3) is 9.38. The molecular weight excluding hydrogens is 528 g/mol. The standard InChI is InChI=1S/C28H40O8S2/c1-6-20(25-16-21(29)23(31)18-35-25)27(2,3)10-7-12-37(33)14-9-15-38(34)13-8-11-28(4,5)26-17-22(30)24(32)19-36-26/h6,16-20,31-32H,1,7-15H2,2-5H3. The van der Waals surface area contributed by atoms with E-state index in [0.717, 1.165) is 25.4 Å². The Hall–Kier alpha value is -2.46. The highest BCUT2D eigenvalue weighted by molar-refractivity contribution is 7.85. The van der Waals surface area contributed by atoms with E-state index >= 15 is 0 Å². The Balaban J connectivity index is 1.70. The fraction of sp³-hybridized carbons (Fsp3) is 0.571. The van der Waals surface area contributed by atoms with E-state index < -0.39 is 49.4 Å². The fourth-order valence-electron chi connectivity index (χ4n) is 4.39. The zero-order valence-electron chi connectivity index (χ0n) is 22.7. The third-order valence-corrected chi connectivity index (χ3v) is 9.78. The lowest BCUT2D eigenvalue weighted by Crippen LogP contribution is -2.22. The molecule has 2 rings (SSSR count). The van der Waals surface area contributed by atoms with Crippen LogP contribution in [0.2, 0.25) is 0 Å². The SMILES string of the molecule is C=CC(c1cc(=O)c(O)co1)C(C)(C)CCCS(=O)CCCS(=O)CCCC(C)(C)c1cc(=O)c(O)co1. The van der Waals surface area contributed by atoms with Crippen LogP contribution in [0.25, 0.3) is 0 Å². The van der Waals surface area contributed by atoms with Crippen molar-refractivity contribution in [1.29, 1.82) is 0 Å².